The lowest BCUT2D eigenvalue weighted by Crippen LogP contribution is -1.98. The van der Waals surface area contributed by atoms with Gasteiger partial charge in [0.05, 0.1) is 0 Å². The standard InChI is InChI=1S/C13H25IO2/c1-15-13-16-12-10-8-6-4-2-3-5-7-9-11-14/h3,5H,2,4,6-13H2,1H3/b5-3-. The predicted octanol–water partition coefficient (Wildman–Crippen LogP) is 4.33. The molecule has 0 unspecified atom stereocenters. The fourth-order valence-electron chi connectivity index (χ4n) is 1.39. The van der Waals surface area contributed by atoms with Gasteiger partial charge in [0.15, 0.2) is 0 Å². The maximum atomic E-state index is 5.22. The summed E-state index contributed by atoms with van der Waals surface area (Å²) < 4.78 is 11.3. The molecule has 0 fully saturated rings. The second kappa shape index (κ2) is 15.4. The molecule has 0 spiro atoms. The third-order valence-corrected chi connectivity index (χ3v) is 3.04. The zero-order chi connectivity index (χ0) is 11.9. The molecule has 0 N–H and O–H groups in total. The van der Waals surface area contributed by atoms with Crippen molar-refractivity contribution in [3.63, 3.8) is 0 Å². The molecule has 0 aliphatic heterocycles. The Labute approximate surface area is 114 Å². The van der Waals surface area contributed by atoms with Gasteiger partial charge in [-0.1, -0.05) is 47.6 Å². The smallest absolute Gasteiger partial charge is 0.146 e. The number of allylic oxidation sites excluding steroid dienone is 2. The van der Waals surface area contributed by atoms with Gasteiger partial charge in [0.1, 0.15) is 6.79 Å². The Morgan fingerprint density at radius 1 is 0.938 bits per heavy atom. The van der Waals surface area contributed by atoms with Crippen molar-refractivity contribution < 1.29 is 9.47 Å². The second-order valence-electron chi connectivity index (χ2n) is 3.82. The van der Waals surface area contributed by atoms with Crippen LogP contribution < -0.4 is 0 Å². The Morgan fingerprint density at radius 2 is 1.62 bits per heavy atom. The molecule has 0 bridgehead atoms. The molecule has 0 aromatic carbocycles. The monoisotopic (exact) mass is 340 g/mol. The average molecular weight is 340 g/mol. The Balaban J connectivity index is 2.95. The molecular formula is C13H25IO2. The van der Waals surface area contributed by atoms with E-state index in [4.69, 9.17) is 9.47 Å². The Morgan fingerprint density at radius 3 is 2.31 bits per heavy atom. The van der Waals surface area contributed by atoms with Crippen molar-refractivity contribution in [2.24, 2.45) is 0 Å². The maximum absolute atomic E-state index is 5.22. The highest BCUT2D eigenvalue weighted by Gasteiger charge is 1.89. The van der Waals surface area contributed by atoms with Crippen LogP contribution in [0.3, 0.4) is 0 Å². The number of hydrogen-bond acceptors (Lipinski definition) is 2. The van der Waals surface area contributed by atoms with Gasteiger partial charge in [-0.2, -0.15) is 0 Å². The molecule has 0 atom stereocenters. The summed E-state index contributed by atoms with van der Waals surface area (Å²) in [4.78, 5) is 0. The molecule has 0 saturated heterocycles. The summed E-state index contributed by atoms with van der Waals surface area (Å²) in [6.07, 6.45) is 13.5. The van der Waals surface area contributed by atoms with E-state index in [1.807, 2.05) is 0 Å². The fraction of sp³-hybridized carbons (Fsp3) is 0.846. The third-order valence-electron chi connectivity index (χ3n) is 2.28. The summed E-state index contributed by atoms with van der Waals surface area (Å²) in [6.45, 7) is 1.26. The van der Waals surface area contributed by atoms with Crippen molar-refractivity contribution >= 4 is 22.6 Å². The number of methoxy groups -OCH3 is 1. The van der Waals surface area contributed by atoms with Gasteiger partial charge in [-0.15, -0.1) is 0 Å². The van der Waals surface area contributed by atoms with Gasteiger partial charge < -0.3 is 9.47 Å². The number of rotatable bonds is 12. The van der Waals surface area contributed by atoms with Gasteiger partial charge >= 0.3 is 0 Å². The van der Waals surface area contributed by atoms with E-state index >= 15 is 0 Å². The highest BCUT2D eigenvalue weighted by atomic mass is 127. The molecule has 0 aliphatic rings. The predicted molar refractivity (Wildman–Crippen MR) is 78.2 cm³/mol. The van der Waals surface area contributed by atoms with Gasteiger partial charge in [0, 0.05) is 13.7 Å². The lowest BCUT2D eigenvalue weighted by atomic mass is 10.1. The highest BCUT2D eigenvalue weighted by Crippen LogP contribution is 2.05. The Bertz CT molecular complexity index is 149. The number of hydrogen-bond donors (Lipinski definition) is 0. The van der Waals surface area contributed by atoms with E-state index in [2.05, 4.69) is 34.7 Å². The lowest BCUT2D eigenvalue weighted by molar-refractivity contribution is -0.0315. The van der Waals surface area contributed by atoms with Crippen molar-refractivity contribution in [3.05, 3.63) is 12.2 Å². The summed E-state index contributed by atoms with van der Waals surface area (Å²) >= 11 is 2.43. The first-order valence-corrected chi connectivity index (χ1v) is 7.72. The van der Waals surface area contributed by atoms with E-state index in [1.165, 1.54) is 43.0 Å². The van der Waals surface area contributed by atoms with Crippen LogP contribution in [0.15, 0.2) is 12.2 Å². The van der Waals surface area contributed by atoms with Crippen LogP contribution in [0.2, 0.25) is 0 Å². The van der Waals surface area contributed by atoms with Crippen molar-refractivity contribution in [2.75, 3.05) is 24.9 Å². The van der Waals surface area contributed by atoms with E-state index in [0.29, 0.717) is 6.79 Å². The quantitative estimate of drug-likeness (QED) is 0.173. The van der Waals surface area contributed by atoms with Crippen LogP contribution in [-0.4, -0.2) is 24.9 Å². The molecular weight excluding hydrogens is 315 g/mol. The second-order valence-corrected chi connectivity index (χ2v) is 4.90. The molecule has 0 heterocycles. The molecule has 0 rings (SSSR count). The molecule has 0 amide bonds. The van der Waals surface area contributed by atoms with Crippen molar-refractivity contribution in [1.29, 1.82) is 0 Å². The minimum Gasteiger partial charge on any atom is -0.359 e. The van der Waals surface area contributed by atoms with E-state index in [9.17, 15) is 0 Å². The maximum Gasteiger partial charge on any atom is 0.146 e. The molecule has 0 saturated carbocycles. The van der Waals surface area contributed by atoms with Crippen LogP contribution in [-0.2, 0) is 9.47 Å². The molecule has 0 aromatic rings. The van der Waals surface area contributed by atoms with Crippen LogP contribution in [0, 0.1) is 0 Å². The first kappa shape index (κ1) is 16.4. The molecule has 16 heavy (non-hydrogen) atoms. The van der Waals surface area contributed by atoms with Crippen LogP contribution in [0.25, 0.3) is 0 Å². The molecule has 0 aromatic heterocycles. The van der Waals surface area contributed by atoms with Crippen LogP contribution in [0.5, 0.6) is 0 Å². The first-order chi connectivity index (χ1) is 7.91. The Kier molecular flexibility index (Phi) is 15.8. The first-order valence-electron chi connectivity index (χ1n) is 6.19. The fourth-order valence-corrected chi connectivity index (χ4v) is 1.83. The van der Waals surface area contributed by atoms with Gasteiger partial charge in [-0.3, -0.25) is 0 Å². The summed E-state index contributed by atoms with van der Waals surface area (Å²) in [5.74, 6) is 0. The van der Waals surface area contributed by atoms with Crippen LogP contribution in [0.4, 0.5) is 0 Å². The minimum atomic E-state index is 0.430. The number of ether oxygens (including phenoxy) is 2. The lowest BCUT2D eigenvalue weighted by Gasteiger charge is -2.01. The largest absolute Gasteiger partial charge is 0.359 e. The van der Waals surface area contributed by atoms with E-state index in [1.54, 1.807) is 7.11 Å². The molecule has 96 valence electrons. The van der Waals surface area contributed by atoms with Crippen molar-refractivity contribution in [3.8, 4) is 0 Å². The Hall–Kier alpha value is 0.390. The van der Waals surface area contributed by atoms with E-state index in [-0.39, 0.29) is 0 Å². The van der Waals surface area contributed by atoms with Gasteiger partial charge in [-0.05, 0) is 36.5 Å². The molecule has 0 radical (unpaired) electrons. The zero-order valence-corrected chi connectivity index (χ0v) is 12.6. The van der Waals surface area contributed by atoms with Crippen LogP contribution >= 0.6 is 22.6 Å². The minimum absolute atomic E-state index is 0.430. The van der Waals surface area contributed by atoms with Gasteiger partial charge in [0.25, 0.3) is 0 Å². The van der Waals surface area contributed by atoms with E-state index < -0.39 is 0 Å². The zero-order valence-electron chi connectivity index (χ0n) is 10.4. The number of alkyl halides is 1. The topological polar surface area (TPSA) is 18.5 Å². The van der Waals surface area contributed by atoms with E-state index in [0.717, 1.165) is 13.0 Å². The van der Waals surface area contributed by atoms with Crippen molar-refractivity contribution in [1.82, 2.24) is 0 Å². The molecule has 2 nitrogen and oxygen atoms in total. The number of unbranched alkanes of at least 4 members (excludes halogenated alkanes) is 5. The summed E-state index contributed by atoms with van der Waals surface area (Å²) in [5.41, 5.74) is 0. The highest BCUT2D eigenvalue weighted by molar-refractivity contribution is 14.1. The SMILES string of the molecule is COCOCCCCCC/C=C\CCCI. The summed E-state index contributed by atoms with van der Waals surface area (Å²) in [5, 5.41) is 0. The normalized spacial score (nSPS) is 11.4. The summed E-state index contributed by atoms with van der Waals surface area (Å²) in [6, 6.07) is 0. The average Bonchev–Trinajstić information content (AvgIpc) is 2.31. The third kappa shape index (κ3) is 14.4. The van der Waals surface area contributed by atoms with Crippen LogP contribution in [0.1, 0.15) is 44.9 Å². The number of halogens is 1. The summed E-state index contributed by atoms with van der Waals surface area (Å²) in [7, 11) is 1.66. The molecule has 3 heteroatoms. The van der Waals surface area contributed by atoms with Gasteiger partial charge in [0.2, 0.25) is 0 Å². The molecule has 0 aliphatic carbocycles. The van der Waals surface area contributed by atoms with Crippen molar-refractivity contribution in [2.45, 2.75) is 44.9 Å². The van der Waals surface area contributed by atoms with Gasteiger partial charge in [-0.25, -0.2) is 0 Å².